The van der Waals surface area contributed by atoms with Gasteiger partial charge >= 0.3 is 77.6 Å². The van der Waals surface area contributed by atoms with Gasteiger partial charge in [-0.05, 0) is 0 Å². The van der Waals surface area contributed by atoms with E-state index in [-0.39, 0.29) is 0 Å². The summed E-state index contributed by atoms with van der Waals surface area (Å²) < 4.78 is 4.01. The molecule has 0 aromatic heterocycles. The van der Waals surface area contributed by atoms with Crippen LogP contribution in [0.25, 0.3) is 0 Å². The van der Waals surface area contributed by atoms with Gasteiger partial charge in [-0.25, -0.2) is 0 Å². The van der Waals surface area contributed by atoms with Gasteiger partial charge in [-0.2, -0.15) is 0 Å². The molecule has 1 aliphatic heterocycles. The second kappa shape index (κ2) is 4.33. The molecule has 0 spiro atoms. The van der Waals surface area contributed by atoms with Crippen molar-refractivity contribution in [1.29, 1.82) is 0 Å². The van der Waals surface area contributed by atoms with E-state index in [1.165, 1.54) is 25.8 Å². The maximum atomic E-state index is 2.53. The van der Waals surface area contributed by atoms with Crippen LogP contribution in [0.15, 0.2) is 0 Å². The molecule has 0 aromatic carbocycles. The molecule has 0 saturated carbocycles. The molecule has 1 rings (SSSR count). The van der Waals surface area contributed by atoms with Gasteiger partial charge in [0.1, 0.15) is 0 Å². The van der Waals surface area contributed by atoms with E-state index in [2.05, 4.69) is 30.3 Å². The second-order valence-corrected chi connectivity index (χ2v) is 19.7. The quantitative estimate of drug-likeness (QED) is 0.322. The molecule has 1 saturated heterocycles. The summed E-state index contributed by atoms with van der Waals surface area (Å²) in [7, 11) is 4.44. The molecule has 0 aliphatic carbocycles. The summed E-state index contributed by atoms with van der Waals surface area (Å²) in [5.41, 5.74) is 0. The van der Waals surface area contributed by atoms with E-state index in [0.29, 0.717) is 0 Å². The van der Waals surface area contributed by atoms with Gasteiger partial charge in [0.15, 0.2) is 0 Å². The van der Waals surface area contributed by atoms with Gasteiger partial charge in [-0.15, -0.1) is 0 Å². The van der Waals surface area contributed by atoms with Gasteiger partial charge in [-0.1, -0.05) is 0 Å². The second-order valence-electron chi connectivity index (χ2n) is 3.50. The molecule has 70 valence electrons. The molecule has 0 unspecified atom stereocenters. The van der Waals surface area contributed by atoms with E-state index < -0.39 is 17.0 Å². The Balaban J connectivity index is 2.42. The fourth-order valence-electron chi connectivity index (χ4n) is 1.32. The molecule has 1 nitrogen and oxygen atoms in total. The fourth-order valence-corrected chi connectivity index (χ4v) is 12.0. The van der Waals surface area contributed by atoms with Gasteiger partial charge in [0.2, 0.25) is 0 Å². The van der Waals surface area contributed by atoms with Crippen LogP contribution in [0, 0.1) is 0 Å². The van der Waals surface area contributed by atoms with Crippen LogP contribution in [0.3, 0.4) is 0 Å². The van der Waals surface area contributed by atoms with E-state index in [1.54, 1.807) is 4.43 Å². The molecular weight excluding hydrogens is 269 g/mol. The molecule has 0 N–H and O–H groups in total. The van der Waals surface area contributed by atoms with E-state index in [0.717, 1.165) is 0 Å². The Labute approximate surface area is 77.4 Å². The van der Waals surface area contributed by atoms with Crippen molar-refractivity contribution >= 4 is 9.12 Å². The summed E-state index contributed by atoms with van der Waals surface area (Å²) in [5, 5.41) is 0. The SMILES string of the molecule is CN1CCCCC[I-](C)(C)S1. The monoisotopic (exact) mass is 288 g/mol. The molecule has 0 radical (unpaired) electrons. The number of alkyl halides is 3. The Morgan fingerprint density at radius 2 is 1.91 bits per heavy atom. The summed E-state index contributed by atoms with van der Waals surface area (Å²) in [6.45, 7) is 1.30. The van der Waals surface area contributed by atoms with Crippen LogP contribution >= 0.6 is 9.12 Å². The molecule has 0 bridgehead atoms. The molecule has 1 heterocycles. The number of nitrogens with zero attached hydrogens (tertiary/aromatic N) is 1. The van der Waals surface area contributed by atoms with Crippen molar-refractivity contribution in [2.45, 2.75) is 19.3 Å². The first-order valence-corrected chi connectivity index (χ1v) is 13.3. The zero-order chi connectivity index (χ0) is 8.32. The third kappa shape index (κ3) is 3.99. The normalized spacial score (nSPS) is 30.5. The maximum absolute atomic E-state index is 2.53. The zero-order valence-corrected chi connectivity index (χ0v) is 10.7. The van der Waals surface area contributed by atoms with Crippen molar-refractivity contribution in [2.75, 3.05) is 27.9 Å². The van der Waals surface area contributed by atoms with Crippen molar-refractivity contribution in [1.82, 2.24) is 4.31 Å². The molecule has 0 atom stereocenters. The number of rotatable bonds is 0. The van der Waals surface area contributed by atoms with Gasteiger partial charge in [0.25, 0.3) is 0 Å². The molecular formula is C8H19INS-. The summed E-state index contributed by atoms with van der Waals surface area (Å²) in [4.78, 5) is 5.05. The summed E-state index contributed by atoms with van der Waals surface area (Å²) in [5.74, 6) is 0. The Bertz CT molecular complexity index is 127. The third-order valence-electron chi connectivity index (χ3n) is 1.87. The predicted octanol–water partition coefficient (Wildman–Crippen LogP) is -0.915. The predicted molar refractivity (Wildman–Crippen MR) is 50.8 cm³/mol. The Kier molecular flexibility index (Phi) is 3.98. The van der Waals surface area contributed by atoms with Crippen LogP contribution in [0.1, 0.15) is 19.3 Å². The summed E-state index contributed by atoms with van der Waals surface area (Å²) >= 11 is -1.30. The summed E-state index contributed by atoms with van der Waals surface area (Å²) in [6.07, 6.45) is 4.35. The third-order valence-corrected chi connectivity index (χ3v) is 12.3. The summed E-state index contributed by atoms with van der Waals surface area (Å²) in [6, 6.07) is 0. The van der Waals surface area contributed by atoms with Crippen molar-refractivity contribution in [3.05, 3.63) is 0 Å². The molecule has 1 aliphatic rings. The number of halogens is 1. The van der Waals surface area contributed by atoms with E-state index in [9.17, 15) is 0 Å². The van der Waals surface area contributed by atoms with E-state index in [1.807, 2.05) is 0 Å². The first kappa shape index (κ1) is 10.1. The minimum atomic E-state index is -1.30. The molecule has 0 aromatic rings. The van der Waals surface area contributed by atoms with Crippen LogP contribution in [-0.2, 0) is 0 Å². The first-order valence-electron chi connectivity index (χ1n) is 4.12. The van der Waals surface area contributed by atoms with Crippen LogP contribution < -0.4 is 17.0 Å². The minimum absolute atomic E-state index is 1.30. The van der Waals surface area contributed by atoms with Crippen LogP contribution in [0.5, 0.6) is 0 Å². The van der Waals surface area contributed by atoms with Crippen LogP contribution in [0.4, 0.5) is 0 Å². The standard InChI is InChI=1S/C8H19INS/c1-9(2)7-5-4-6-8-10(3)11-9/h4-8H2,1-3H3/q-1. The van der Waals surface area contributed by atoms with Crippen molar-refractivity contribution < 1.29 is 17.0 Å². The fraction of sp³-hybridized carbons (Fsp3) is 1.00. The zero-order valence-electron chi connectivity index (χ0n) is 7.77. The van der Waals surface area contributed by atoms with Crippen LogP contribution in [-0.4, -0.2) is 32.2 Å². The van der Waals surface area contributed by atoms with E-state index >= 15 is 0 Å². The number of hydrogen-bond donors (Lipinski definition) is 0. The van der Waals surface area contributed by atoms with Crippen molar-refractivity contribution in [3.63, 3.8) is 0 Å². The van der Waals surface area contributed by atoms with Gasteiger partial charge in [-0.3, -0.25) is 0 Å². The Morgan fingerprint density at radius 1 is 1.18 bits per heavy atom. The van der Waals surface area contributed by atoms with Crippen LogP contribution in [0.2, 0.25) is 0 Å². The van der Waals surface area contributed by atoms with Crippen molar-refractivity contribution in [2.24, 2.45) is 0 Å². The topological polar surface area (TPSA) is 3.24 Å². The van der Waals surface area contributed by atoms with Crippen molar-refractivity contribution in [3.8, 4) is 0 Å². The van der Waals surface area contributed by atoms with Gasteiger partial charge < -0.3 is 0 Å². The van der Waals surface area contributed by atoms with Gasteiger partial charge in [0.05, 0.1) is 0 Å². The number of hydrogen-bond acceptors (Lipinski definition) is 2. The Hall–Kier alpha value is 1.04. The first-order chi connectivity index (χ1) is 5.10. The average Bonchev–Trinajstić information content (AvgIpc) is 1.82. The molecule has 3 heteroatoms. The molecule has 11 heavy (non-hydrogen) atoms. The van der Waals surface area contributed by atoms with E-state index in [4.69, 9.17) is 0 Å². The molecule has 0 amide bonds. The molecule has 1 fully saturated rings. The average molecular weight is 288 g/mol. The Morgan fingerprint density at radius 3 is 2.64 bits per heavy atom. The van der Waals surface area contributed by atoms with Gasteiger partial charge in [0, 0.05) is 0 Å².